The highest BCUT2D eigenvalue weighted by atomic mass is 16.7. The van der Waals surface area contributed by atoms with E-state index in [1.165, 1.54) is 37.7 Å². The van der Waals surface area contributed by atoms with Crippen LogP contribution < -0.4 is 0 Å². The zero-order chi connectivity index (χ0) is 31.3. The molecule has 0 bridgehead atoms. The van der Waals surface area contributed by atoms with E-state index in [9.17, 15) is 25.5 Å². The van der Waals surface area contributed by atoms with Gasteiger partial charge in [0.1, 0.15) is 24.4 Å². The number of rotatable bonds is 5. The Bertz CT molecular complexity index is 1080. The maximum atomic E-state index is 10.8. The van der Waals surface area contributed by atoms with Crippen LogP contribution in [0.3, 0.4) is 0 Å². The normalized spacial score (nSPS) is 55.9. The van der Waals surface area contributed by atoms with Crippen LogP contribution in [0.15, 0.2) is 12.2 Å². The van der Waals surface area contributed by atoms with Crippen molar-refractivity contribution in [3.8, 4) is 0 Å². The maximum Gasteiger partial charge on any atom is 0.186 e. The summed E-state index contributed by atoms with van der Waals surface area (Å²) in [5.41, 5.74) is 1.83. The highest BCUT2D eigenvalue weighted by molar-refractivity contribution is 5.21. The van der Waals surface area contributed by atoms with Crippen LogP contribution >= 0.6 is 0 Å². The zero-order valence-corrected chi connectivity index (χ0v) is 27.6. The number of hydrogen-bond donors (Lipinski definition) is 5. The van der Waals surface area contributed by atoms with Crippen LogP contribution in [0.25, 0.3) is 0 Å². The van der Waals surface area contributed by atoms with Gasteiger partial charge in [0.25, 0.3) is 0 Å². The lowest BCUT2D eigenvalue weighted by Crippen LogP contribution is -2.67. The minimum absolute atomic E-state index is 0.0693. The SMILES string of the molecule is C=C(C)[C@@H]1CC[C@]2(CO)CC[C@]3(C)[C@H](CC[C@@H]4[C@@]5(C)CC[C@H](O[C@@H]6O[C@H](CO)[C@@H](O)[C@H](O)[C@H]6O)C(C)(C)[C@@H]5CC[C@]43C)[C@@H]12. The van der Waals surface area contributed by atoms with Gasteiger partial charge in [-0.25, -0.2) is 0 Å². The second-order valence-corrected chi connectivity index (χ2v) is 17.4. The van der Waals surface area contributed by atoms with Crippen molar-refractivity contribution in [2.24, 2.45) is 56.7 Å². The van der Waals surface area contributed by atoms with Crippen LogP contribution in [0, 0.1) is 56.7 Å². The highest BCUT2D eigenvalue weighted by Gasteiger charge is 2.71. The largest absolute Gasteiger partial charge is 0.396 e. The summed E-state index contributed by atoms with van der Waals surface area (Å²) in [6, 6.07) is 0. The van der Waals surface area contributed by atoms with E-state index < -0.39 is 37.3 Å². The summed E-state index contributed by atoms with van der Waals surface area (Å²) >= 11 is 0. The Morgan fingerprint density at radius 3 is 2.16 bits per heavy atom. The van der Waals surface area contributed by atoms with E-state index in [2.05, 4.69) is 48.1 Å². The molecule has 7 heteroatoms. The molecule has 6 rings (SSSR count). The van der Waals surface area contributed by atoms with Gasteiger partial charge in [0.05, 0.1) is 12.7 Å². The summed E-state index contributed by atoms with van der Waals surface area (Å²) in [6.07, 6.45) is 4.94. The van der Waals surface area contributed by atoms with Gasteiger partial charge in [-0.3, -0.25) is 0 Å². The zero-order valence-electron chi connectivity index (χ0n) is 27.6. The van der Waals surface area contributed by atoms with E-state index in [4.69, 9.17) is 9.47 Å². The third-order valence-corrected chi connectivity index (χ3v) is 15.6. The van der Waals surface area contributed by atoms with Crippen LogP contribution in [-0.4, -0.2) is 75.6 Å². The third kappa shape index (κ3) is 4.38. The van der Waals surface area contributed by atoms with Gasteiger partial charge in [0.15, 0.2) is 6.29 Å². The Balaban J connectivity index is 1.26. The van der Waals surface area contributed by atoms with E-state index in [1.807, 2.05) is 0 Å². The van der Waals surface area contributed by atoms with Gasteiger partial charge in [-0.15, -0.1) is 0 Å². The van der Waals surface area contributed by atoms with Gasteiger partial charge in [0.2, 0.25) is 0 Å². The summed E-state index contributed by atoms with van der Waals surface area (Å²) in [6.45, 7) is 19.0. The number of fused-ring (bicyclic) bond motifs is 7. The Hall–Kier alpha value is -0.540. The average Bonchev–Trinajstić information content (AvgIpc) is 3.35. The van der Waals surface area contributed by atoms with Gasteiger partial charge in [0, 0.05) is 6.61 Å². The fourth-order valence-electron chi connectivity index (χ4n) is 13.1. The number of aliphatic hydroxyl groups excluding tert-OH is 5. The third-order valence-electron chi connectivity index (χ3n) is 15.6. The minimum atomic E-state index is -1.43. The molecule has 7 nitrogen and oxygen atoms in total. The van der Waals surface area contributed by atoms with Gasteiger partial charge in [-0.1, -0.05) is 46.8 Å². The molecule has 246 valence electrons. The van der Waals surface area contributed by atoms with E-state index in [-0.39, 0.29) is 33.2 Å². The second kappa shape index (κ2) is 10.7. The fraction of sp³-hybridized carbons (Fsp3) is 0.944. The number of allylic oxidation sites excluding steroid dienone is 1. The van der Waals surface area contributed by atoms with Crippen molar-refractivity contribution in [3.05, 3.63) is 12.2 Å². The van der Waals surface area contributed by atoms with Crippen LogP contribution in [0.5, 0.6) is 0 Å². The molecule has 0 radical (unpaired) electrons. The lowest BCUT2D eigenvalue weighted by molar-refractivity contribution is -0.332. The molecule has 0 amide bonds. The number of aliphatic hydroxyl groups is 5. The Labute approximate surface area is 259 Å². The molecule has 6 aliphatic rings. The molecule has 1 saturated heterocycles. The minimum Gasteiger partial charge on any atom is -0.396 e. The Morgan fingerprint density at radius 1 is 0.791 bits per heavy atom. The number of ether oxygens (including phenoxy) is 2. The first-order valence-electron chi connectivity index (χ1n) is 17.3. The standard InChI is InChI=1S/C36H60O7/c1-20(2)21-10-15-36(19-38)17-16-34(6)22(27(21)36)8-9-25-33(5)13-12-26(32(3,4)24(33)11-14-35(25,34)7)43-31-30(41)29(40)28(39)23(18-37)42-31/h21-31,37-41H,1,8-19H2,2-7H3/t21-,22+,23+,24-,25+,26-,27+,28+,29-,30+,31-,33-,34+,35+,36+/m0/s1. The van der Waals surface area contributed by atoms with Gasteiger partial charge in [-0.2, -0.15) is 0 Å². The summed E-state index contributed by atoms with van der Waals surface area (Å²) in [7, 11) is 0. The Kier molecular flexibility index (Phi) is 8.10. The monoisotopic (exact) mass is 604 g/mol. The van der Waals surface area contributed by atoms with Crippen LogP contribution in [0.2, 0.25) is 0 Å². The first-order chi connectivity index (χ1) is 20.1. The van der Waals surface area contributed by atoms with Crippen molar-refractivity contribution in [2.75, 3.05) is 13.2 Å². The van der Waals surface area contributed by atoms with Crippen molar-refractivity contribution in [1.29, 1.82) is 0 Å². The van der Waals surface area contributed by atoms with Gasteiger partial charge in [-0.05, 0) is 128 Å². The molecular weight excluding hydrogens is 544 g/mol. The molecule has 5 aliphatic carbocycles. The van der Waals surface area contributed by atoms with Gasteiger partial charge >= 0.3 is 0 Å². The van der Waals surface area contributed by atoms with E-state index in [0.717, 1.165) is 32.1 Å². The molecule has 0 aromatic rings. The summed E-state index contributed by atoms with van der Waals surface area (Å²) in [5.74, 6) is 2.74. The molecule has 0 aromatic carbocycles. The van der Waals surface area contributed by atoms with E-state index >= 15 is 0 Å². The molecule has 0 unspecified atom stereocenters. The van der Waals surface area contributed by atoms with Crippen molar-refractivity contribution in [2.45, 2.75) is 143 Å². The predicted molar refractivity (Wildman–Crippen MR) is 165 cm³/mol. The molecule has 1 heterocycles. The molecule has 5 saturated carbocycles. The Morgan fingerprint density at radius 2 is 1.51 bits per heavy atom. The lowest BCUT2D eigenvalue weighted by atomic mass is 9.32. The fourth-order valence-corrected chi connectivity index (χ4v) is 13.1. The highest BCUT2D eigenvalue weighted by Crippen LogP contribution is 2.77. The van der Waals surface area contributed by atoms with Crippen molar-refractivity contribution in [1.82, 2.24) is 0 Å². The number of hydrogen-bond acceptors (Lipinski definition) is 7. The molecule has 0 aromatic heterocycles. The lowest BCUT2D eigenvalue weighted by Gasteiger charge is -2.73. The molecule has 15 atom stereocenters. The second-order valence-electron chi connectivity index (χ2n) is 17.4. The summed E-state index contributed by atoms with van der Waals surface area (Å²) < 4.78 is 12.3. The van der Waals surface area contributed by atoms with Crippen LogP contribution in [0.1, 0.15) is 106 Å². The smallest absolute Gasteiger partial charge is 0.186 e. The molecule has 5 N–H and O–H groups in total. The topological polar surface area (TPSA) is 120 Å². The first kappa shape index (κ1) is 32.4. The quantitative estimate of drug-likeness (QED) is 0.225. The first-order valence-corrected chi connectivity index (χ1v) is 17.3. The van der Waals surface area contributed by atoms with Crippen LogP contribution in [0.4, 0.5) is 0 Å². The molecule has 1 aliphatic heterocycles. The molecule has 6 fully saturated rings. The van der Waals surface area contributed by atoms with E-state index in [1.54, 1.807) is 0 Å². The predicted octanol–water partition coefficient (Wildman–Crippen LogP) is 4.82. The summed E-state index contributed by atoms with van der Waals surface area (Å²) in [4.78, 5) is 0. The van der Waals surface area contributed by atoms with E-state index in [0.29, 0.717) is 36.2 Å². The molecule has 43 heavy (non-hydrogen) atoms. The average molecular weight is 605 g/mol. The van der Waals surface area contributed by atoms with Gasteiger partial charge < -0.3 is 35.0 Å². The maximum absolute atomic E-state index is 10.8. The van der Waals surface area contributed by atoms with Crippen molar-refractivity contribution < 1.29 is 35.0 Å². The van der Waals surface area contributed by atoms with Crippen molar-refractivity contribution in [3.63, 3.8) is 0 Å². The van der Waals surface area contributed by atoms with Crippen molar-refractivity contribution >= 4 is 0 Å². The molecular formula is C36H60O7. The molecule has 0 spiro atoms. The summed E-state index contributed by atoms with van der Waals surface area (Å²) in [5, 5.41) is 51.8. The van der Waals surface area contributed by atoms with Crippen LogP contribution in [-0.2, 0) is 9.47 Å².